The predicted molar refractivity (Wildman–Crippen MR) is 65.6 cm³/mol. The topological polar surface area (TPSA) is 44.8 Å². The summed E-state index contributed by atoms with van der Waals surface area (Å²) in [6.45, 7) is 1.26. The first kappa shape index (κ1) is 12.5. The summed E-state index contributed by atoms with van der Waals surface area (Å²) in [4.78, 5) is 11.8. The third-order valence-electron chi connectivity index (χ3n) is 2.53. The van der Waals surface area contributed by atoms with Crippen LogP contribution in [0.15, 0.2) is 22.7 Å². The molecule has 0 radical (unpaired) electrons. The highest BCUT2D eigenvalue weighted by molar-refractivity contribution is 9.10. The van der Waals surface area contributed by atoms with E-state index < -0.39 is 0 Å². The molecule has 1 aromatic carbocycles. The summed E-state index contributed by atoms with van der Waals surface area (Å²) < 4.78 is 16.2. The smallest absolute Gasteiger partial charge is 0.188 e. The summed E-state index contributed by atoms with van der Waals surface area (Å²) >= 11 is 3.34. The van der Waals surface area contributed by atoms with Crippen LogP contribution in [0.25, 0.3) is 0 Å². The van der Waals surface area contributed by atoms with Gasteiger partial charge in [0.15, 0.2) is 5.78 Å². The largest absolute Gasteiger partial charge is 0.496 e. The summed E-state index contributed by atoms with van der Waals surface area (Å²) in [5, 5.41) is 0. The number of hydrogen-bond donors (Lipinski definition) is 0. The standard InChI is InChI=1S/C12H13BrO4/c1-15-12-3-2-8(4-10(12)13)11(14)7-17-9-5-16-6-9/h2-4,9H,5-7H2,1H3. The molecule has 92 valence electrons. The molecular weight excluding hydrogens is 288 g/mol. The van der Waals surface area contributed by atoms with E-state index in [1.54, 1.807) is 25.3 Å². The summed E-state index contributed by atoms with van der Waals surface area (Å²) in [6, 6.07) is 5.22. The maximum atomic E-state index is 11.8. The SMILES string of the molecule is COc1ccc(C(=O)COC2COC2)cc1Br. The van der Waals surface area contributed by atoms with Crippen molar-refractivity contribution in [2.24, 2.45) is 0 Å². The van der Waals surface area contributed by atoms with E-state index in [-0.39, 0.29) is 18.5 Å². The Kier molecular flexibility index (Phi) is 4.15. The lowest BCUT2D eigenvalue weighted by Crippen LogP contribution is -2.37. The van der Waals surface area contributed by atoms with Crippen molar-refractivity contribution in [1.82, 2.24) is 0 Å². The summed E-state index contributed by atoms with van der Waals surface area (Å²) in [5.74, 6) is 0.662. The monoisotopic (exact) mass is 300 g/mol. The Hall–Kier alpha value is -0.910. The molecule has 5 heteroatoms. The quantitative estimate of drug-likeness (QED) is 0.781. The van der Waals surface area contributed by atoms with Gasteiger partial charge < -0.3 is 14.2 Å². The zero-order valence-corrected chi connectivity index (χ0v) is 11.0. The number of carbonyl (C=O) groups is 1. The predicted octanol–water partition coefficient (Wildman–Crippen LogP) is 2.06. The average Bonchev–Trinajstić information content (AvgIpc) is 2.26. The lowest BCUT2D eigenvalue weighted by molar-refractivity contribution is -0.123. The van der Waals surface area contributed by atoms with Gasteiger partial charge in [0.05, 0.1) is 24.8 Å². The average molecular weight is 301 g/mol. The maximum Gasteiger partial charge on any atom is 0.188 e. The molecule has 0 N–H and O–H groups in total. The molecule has 17 heavy (non-hydrogen) atoms. The molecule has 1 aromatic rings. The lowest BCUT2D eigenvalue weighted by atomic mass is 10.1. The third-order valence-corrected chi connectivity index (χ3v) is 3.15. The second-order valence-corrected chi connectivity index (χ2v) is 4.60. The molecule has 1 aliphatic heterocycles. The van der Waals surface area contributed by atoms with Crippen LogP contribution < -0.4 is 4.74 Å². The first-order valence-electron chi connectivity index (χ1n) is 5.27. The van der Waals surface area contributed by atoms with Crippen LogP contribution in [0.5, 0.6) is 5.75 Å². The zero-order chi connectivity index (χ0) is 12.3. The Balaban J connectivity index is 1.95. The minimum absolute atomic E-state index is 0.0414. The van der Waals surface area contributed by atoms with Crippen molar-refractivity contribution in [2.45, 2.75) is 6.10 Å². The van der Waals surface area contributed by atoms with Crippen LogP contribution in [0.1, 0.15) is 10.4 Å². The molecule has 1 heterocycles. The summed E-state index contributed by atoms with van der Waals surface area (Å²) in [6.07, 6.45) is 0.0700. The van der Waals surface area contributed by atoms with E-state index in [0.717, 1.165) is 4.47 Å². The van der Waals surface area contributed by atoms with Crippen molar-refractivity contribution < 1.29 is 19.0 Å². The number of Topliss-reactive ketones (excluding diaryl/α,β-unsaturated/α-hetero) is 1. The third kappa shape index (κ3) is 3.06. The molecule has 0 amide bonds. The summed E-state index contributed by atoms with van der Waals surface area (Å²) in [5.41, 5.74) is 0.609. The second-order valence-electron chi connectivity index (χ2n) is 3.74. The molecule has 2 rings (SSSR count). The van der Waals surface area contributed by atoms with Crippen LogP contribution in [0.2, 0.25) is 0 Å². The molecule has 0 saturated carbocycles. The second kappa shape index (κ2) is 5.62. The Labute approximate surface area is 108 Å². The number of hydrogen-bond acceptors (Lipinski definition) is 4. The first-order valence-corrected chi connectivity index (χ1v) is 6.06. The number of methoxy groups -OCH3 is 1. The normalized spacial score (nSPS) is 15.4. The van der Waals surface area contributed by atoms with E-state index in [9.17, 15) is 4.79 Å². The molecule has 0 spiro atoms. The van der Waals surface area contributed by atoms with Crippen LogP contribution in [0, 0.1) is 0 Å². The van der Waals surface area contributed by atoms with Crippen LogP contribution in [-0.4, -0.2) is 38.8 Å². The number of carbonyl (C=O) groups excluding carboxylic acids is 1. The molecule has 1 saturated heterocycles. The van der Waals surface area contributed by atoms with E-state index in [1.165, 1.54) is 0 Å². The molecule has 0 aromatic heterocycles. The molecule has 1 aliphatic rings. The minimum atomic E-state index is -0.0414. The van der Waals surface area contributed by atoms with Gasteiger partial charge in [0.1, 0.15) is 18.5 Å². The molecule has 4 nitrogen and oxygen atoms in total. The lowest BCUT2D eigenvalue weighted by Gasteiger charge is -2.25. The van der Waals surface area contributed by atoms with E-state index >= 15 is 0 Å². The van der Waals surface area contributed by atoms with Crippen LogP contribution in [0.4, 0.5) is 0 Å². The van der Waals surface area contributed by atoms with Gasteiger partial charge >= 0.3 is 0 Å². The van der Waals surface area contributed by atoms with Crippen molar-refractivity contribution in [3.05, 3.63) is 28.2 Å². The Bertz CT molecular complexity index is 415. The number of ether oxygens (including phenoxy) is 3. The first-order chi connectivity index (χ1) is 8.20. The van der Waals surface area contributed by atoms with Crippen molar-refractivity contribution in [2.75, 3.05) is 26.9 Å². The maximum absolute atomic E-state index is 11.8. The van der Waals surface area contributed by atoms with Gasteiger partial charge in [0.2, 0.25) is 0 Å². The molecule has 1 fully saturated rings. The highest BCUT2D eigenvalue weighted by Crippen LogP contribution is 2.25. The Morgan fingerprint density at radius 3 is 2.82 bits per heavy atom. The fourth-order valence-corrected chi connectivity index (χ4v) is 1.97. The van der Waals surface area contributed by atoms with E-state index in [1.807, 2.05) is 0 Å². The van der Waals surface area contributed by atoms with Crippen LogP contribution in [-0.2, 0) is 9.47 Å². The van der Waals surface area contributed by atoms with Gasteiger partial charge in [-0.15, -0.1) is 0 Å². The van der Waals surface area contributed by atoms with Gasteiger partial charge in [-0.2, -0.15) is 0 Å². The number of halogens is 1. The fourth-order valence-electron chi connectivity index (χ4n) is 1.43. The Morgan fingerprint density at radius 1 is 1.53 bits per heavy atom. The van der Waals surface area contributed by atoms with Gasteiger partial charge in [-0.3, -0.25) is 4.79 Å². The highest BCUT2D eigenvalue weighted by Gasteiger charge is 2.20. The van der Waals surface area contributed by atoms with Crippen LogP contribution in [0.3, 0.4) is 0 Å². The summed E-state index contributed by atoms with van der Waals surface area (Å²) in [7, 11) is 1.58. The van der Waals surface area contributed by atoms with Gasteiger partial charge in [-0.05, 0) is 34.1 Å². The van der Waals surface area contributed by atoms with Gasteiger partial charge in [-0.25, -0.2) is 0 Å². The van der Waals surface area contributed by atoms with Crippen molar-refractivity contribution in [3.8, 4) is 5.75 Å². The van der Waals surface area contributed by atoms with Crippen molar-refractivity contribution in [1.29, 1.82) is 0 Å². The van der Waals surface area contributed by atoms with Crippen LogP contribution >= 0.6 is 15.9 Å². The molecule has 0 unspecified atom stereocenters. The molecule has 0 atom stereocenters. The van der Waals surface area contributed by atoms with Crippen molar-refractivity contribution in [3.63, 3.8) is 0 Å². The number of ketones is 1. The Morgan fingerprint density at radius 2 is 2.29 bits per heavy atom. The van der Waals surface area contributed by atoms with Gasteiger partial charge in [0.25, 0.3) is 0 Å². The number of benzene rings is 1. The highest BCUT2D eigenvalue weighted by atomic mass is 79.9. The van der Waals surface area contributed by atoms with E-state index in [2.05, 4.69) is 15.9 Å². The van der Waals surface area contributed by atoms with Crippen molar-refractivity contribution >= 4 is 21.7 Å². The van der Waals surface area contributed by atoms with E-state index in [0.29, 0.717) is 24.5 Å². The molecule has 0 bridgehead atoms. The molecule has 0 aliphatic carbocycles. The van der Waals surface area contributed by atoms with E-state index in [4.69, 9.17) is 14.2 Å². The van der Waals surface area contributed by atoms with Gasteiger partial charge in [0, 0.05) is 5.56 Å². The molecular formula is C12H13BrO4. The van der Waals surface area contributed by atoms with Gasteiger partial charge in [-0.1, -0.05) is 0 Å². The fraction of sp³-hybridized carbons (Fsp3) is 0.417. The number of rotatable bonds is 5. The zero-order valence-electron chi connectivity index (χ0n) is 9.44. The minimum Gasteiger partial charge on any atom is -0.496 e.